The van der Waals surface area contributed by atoms with E-state index in [4.69, 9.17) is 17.4 Å². The zero-order valence-corrected chi connectivity index (χ0v) is 20.5. The number of hydrogen-bond acceptors (Lipinski definition) is 5. The van der Waals surface area contributed by atoms with E-state index in [0.717, 1.165) is 22.0 Å². The van der Waals surface area contributed by atoms with Crippen molar-refractivity contribution in [2.24, 2.45) is 10.2 Å². The van der Waals surface area contributed by atoms with Crippen molar-refractivity contribution in [1.82, 2.24) is 5.43 Å². The van der Waals surface area contributed by atoms with Crippen molar-refractivity contribution in [2.45, 2.75) is 11.4 Å². The fourth-order valence-corrected chi connectivity index (χ4v) is 4.87. The van der Waals surface area contributed by atoms with Crippen LogP contribution in [-0.2, 0) is 21.4 Å². The molecule has 0 atom stereocenters. The fraction of sp³-hybridized carbons (Fsp3) is 0.0385. The summed E-state index contributed by atoms with van der Waals surface area (Å²) in [5.74, 6) is -0.254. The SMILES string of the molecule is NS(=O)(=O)c1cccc(NC(=S)N/N=C2\C(=O)N(Cc3cccc4ccccc34)c3ccccc32)c1. The molecule has 180 valence electrons. The molecule has 1 aliphatic heterocycles. The number of hydrazone groups is 1. The maximum absolute atomic E-state index is 13.4. The lowest BCUT2D eigenvalue weighted by molar-refractivity contribution is -0.112. The van der Waals surface area contributed by atoms with Gasteiger partial charge in [0.15, 0.2) is 10.8 Å². The molecular weight excluding hydrogens is 494 g/mol. The van der Waals surface area contributed by atoms with Crippen LogP contribution in [0.1, 0.15) is 11.1 Å². The van der Waals surface area contributed by atoms with Gasteiger partial charge in [-0.05, 0) is 52.8 Å². The lowest BCUT2D eigenvalue weighted by Gasteiger charge is -2.18. The first-order chi connectivity index (χ1) is 17.3. The van der Waals surface area contributed by atoms with Crippen molar-refractivity contribution in [3.8, 4) is 0 Å². The molecule has 0 saturated carbocycles. The van der Waals surface area contributed by atoms with Gasteiger partial charge in [-0.1, -0.05) is 66.7 Å². The average molecular weight is 516 g/mol. The highest BCUT2D eigenvalue weighted by molar-refractivity contribution is 7.89. The Morgan fingerprint density at radius 3 is 2.50 bits per heavy atom. The minimum atomic E-state index is -3.85. The van der Waals surface area contributed by atoms with Crippen LogP contribution < -0.4 is 20.8 Å². The van der Waals surface area contributed by atoms with E-state index in [1.807, 2.05) is 66.7 Å². The second kappa shape index (κ2) is 9.50. The molecule has 5 rings (SSSR count). The van der Waals surface area contributed by atoms with Crippen LogP contribution >= 0.6 is 12.2 Å². The molecule has 1 heterocycles. The highest BCUT2D eigenvalue weighted by Gasteiger charge is 2.34. The molecule has 1 amide bonds. The van der Waals surface area contributed by atoms with Gasteiger partial charge in [-0.3, -0.25) is 10.2 Å². The molecule has 4 aromatic carbocycles. The van der Waals surface area contributed by atoms with Crippen LogP contribution in [0.4, 0.5) is 11.4 Å². The predicted molar refractivity (Wildman–Crippen MR) is 145 cm³/mol. The van der Waals surface area contributed by atoms with Crippen LogP contribution in [-0.4, -0.2) is 25.1 Å². The molecule has 0 fully saturated rings. The summed E-state index contributed by atoms with van der Waals surface area (Å²) in [7, 11) is -3.85. The molecule has 1 aliphatic rings. The lowest BCUT2D eigenvalue weighted by atomic mass is 10.0. The van der Waals surface area contributed by atoms with E-state index in [0.29, 0.717) is 17.8 Å². The second-order valence-corrected chi connectivity index (χ2v) is 10.1. The number of primary sulfonamides is 1. The predicted octanol–water partition coefficient (Wildman–Crippen LogP) is 3.72. The van der Waals surface area contributed by atoms with Gasteiger partial charge in [0.25, 0.3) is 5.91 Å². The Kier molecular flexibility index (Phi) is 6.23. The monoisotopic (exact) mass is 515 g/mol. The Hall–Kier alpha value is -4.12. The van der Waals surface area contributed by atoms with Crippen LogP contribution in [0.25, 0.3) is 10.8 Å². The quantitative estimate of drug-likeness (QED) is 0.276. The van der Waals surface area contributed by atoms with E-state index < -0.39 is 10.0 Å². The maximum Gasteiger partial charge on any atom is 0.279 e. The van der Waals surface area contributed by atoms with E-state index in [1.165, 1.54) is 12.1 Å². The van der Waals surface area contributed by atoms with Crippen molar-refractivity contribution < 1.29 is 13.2 Å². The third-order valence-electron chi connectivity index (χ3n) is 5.80. The van der Waals surface area contributed by atoms with Crippen LogP contribution in [0.2, 0.25) is 0 Å². The topological polar surface area (TPSA) is 117 Å². The summed E-state index contributed by atoms with van der Waals surface area (Å²) in [6.07, 6.45) is 0. The van der Waals surface area contributed by atoms with Gasteiger partial charge in [0.05, 0.1) is 17.1 Å². The molecular formula is C26H21N5O3S2. The number of sulfonamides is 1. The van der Waals surface area contributed by atoms with Gasteiger partial charge in [-0.15, -0.1) is 0 Å². The highest BCUT2D eigenvalue weighted by Crippen LogP contribution is 2.32. The van der Waals surface area contributed by atoms with E-state index in [-0.39, 0.29) is 21.6 Å². The number of hydrogen-bond donors (Lipinski definition) is 3. The van der Waals surface area contributed by atoms with Gasteiger partial charge < -0.3 is 10.2 Å². The van der Waals surface area contributed by atoms with Gasteiger partial charge >= 0.3 is 0 Å². The summed E-state index contributed by atoms with van der Waals surface area (Å²) in [4.78, 5) is 15.1. The summed E-state index contributed by atoms with van der Waals surface area (Å²) in [6, 6.07) is 27.5. The van der Waals surface area contributed by atoms with Gasteiger partial charge in [-0.2, -0.15) is 5.10 Å². The Morgan fingerprint density at radius 1 is 0.944 bits per heavy atom. The van der Waals surface area contributed by atoms with Crippen molar-refractivity contribution in [3.05, 3.63) is 102 Å². The molecule has 8 nitrogen and oxygen atoms in total. The van der Waals surface area contributed by atoms with E-state index in [9.17, 15) is 13.2 Å². The van der Waals surface area contributed by atoms with Gasteiger partial charge in [-0.25, -0.2) is 13.6 Å². The summed E-state index contributed by atoms with van der Waals surface area (Å²) in [5.41, 5.74) is 5.81. The first-order valence-electron chi connectivity index (χ1n) is 11.0. The summed E-state index contributed by atoms with van der Waals surface area (Å²) < 4.78 is 23.2. The number of benzene rings is 4. The molecule has 0 radical (unpaired) electrons. The summed E-state index contributed by atoms with van der Waals surface area (Å²) >= 11 is 5.30. The normalized spacial score (nSPS) is 14.2. The molecule has 36 heavy (non-hydrogen) atoms. The number of carbonyl (C=O) groups is 1. The van der Waals surface area contributed by atoms with Crippen molar-refractivity contribution >= 4 is 61.1 Å². The zero-order valence-electron chi connectivity index (χ0n) is 18.9. The Bertz CT molecular complexity index is 1650. The molecule has 0 unspecified atom stereocenters. The second-order valence-electron chi connectivity index (χ2n) is 8.15. The molecule has 10 heteroatoms. The summed E-state index contributed by atoms with van der Waals surface area (Å²) in [5, 5.41) is 14.6. The van der Waals surface area contributed by atoms with Crippen molar-refractivity contribution in [2.75, 3.05) is 10.2 Å². The van der Waals surface area contributed by atoms with Crippen LogP contribution in [0.5, 0.6) is 0 Å². The molecule has 0 saturated heterocycles. The van der Waals surface area contributed by atoms with Gasteiger partial charge in [0, 0.05) is 11.3 Å². The van der Waals surface area contributed by atoms with Crippen molar-refractivity contribution in [1.29, 1.82) is 0 Å². The van der Waals surface area contributed by atoms with E-state index in [2.05, 4.69) is 15.8 Å². The highest BCUT2D eigenvalue weighted by atomic mass is 32.2. The molecule has 0 aliphatic carbocycles. The smallest absolute Gasteiger partial charge is 0.279 e. The summed E-state index contributed by atoms with van der Waals surface area (Å²) in [6.45, 7) is 0.388. The van der Waals surface area contributed by atoms with Gasteiger partial charge in [0.1, 0.15) is 0 Å². The number of carbonyl (C=O) groups excluding carboxylic acids is 1. The van der Waals surface area contributed by atoms with Crippen molar-refractivity contribution in [3.63, 3.8) is 0 Å². The van der Waals surface area contributed by atoms with Crippen LogP contribution in [0, 0.1) is 0 Å². The van der Waals surface area contributed by atoms with Crippen LogP contribution in [0.15, 0.2) is 101 Å². The number of nitrogens with one attached hydrogen (secondary N) is 2. The number of anilines is 2. The number of nitrogens with two attached hydrogens (primary N) is 1. The number of amides is 1. The molecule has 0 spiro atoms. The molecule has 0 bridgehead atoms. The number of para-hydroxylation sites is 1. The Labute approximate surface area is 213 Å². The number of fused-ring (bicyclic) bond motifs is 2. The maximum atomic E-state index is 13.4. The number of rotatable bonds is 5. The zero-order chi connectivity index (χ0) is 25.3. The largest absolute Gasteiger partial charge is 0.331 e. The molecule has 4 N–H and O–H groups in total. The third kappa shape index (κ3) is 4.69. The van der Waals surface area contributed by atoms with Gasteiger partial charge in [0.2, 0.25) is 10.0 Å². The lowest BCUT2D eigenvalue weighted by Crippen LogP contribution is -2.32. The first kappa shape index (κ1) is 23.6. The molecule has 0 aromatic heterocycles. The fourth-order valence-electron chi connectivity index (χ4n) is 4.14. The standard InChI is InChI=1S/C26H21N5O3S2/c27-36(33,34)20-11-6-10-19(15-20)28-26(35)30-29-24-22-13-3-4-14-23(22)31(25(24)32)16-18-9-5-8-17-7-1-2-12-21(17)18/h1-15H,16H2,(H2,27,33,34)(H2,28,30,35)/b29-24-. The molecule has 4 aromatic rings. The Balaban J connectivity index is 1.38. The number of nitrogens with zero attached hydrogens (tertiary/aromatic N) is 2. The minimum Gasteiger partial charge on any atom is -0.331 e. The number of thiocarbonyl (C=S) groups is 1. The van der Waals surface area contributed by atoms with Crippen LogP contribution in [0.3, 0.4) is 0 Å². The van der Waals surface area contributed by atoms with E-state index >= 15 is 0 Å². The average Bonchev–Trinajstić information content (AvgIpc) is 3.13. The Morgan fingerprint density at radius 2 is 1.67 bits per heavy atom. The minimum absolute atomic E-state index is 0.0504. The van der Waals surface area contributed by atoms with E-state index in [1.54, 1.807) is 17.0 Å². The first-order valence-corrected chi connectivity index (χ1v) is 12.9. The third-order valence-corrected chi connectivity index (χ3v) is 6.90.